The molecule has 6 heteroatoms. The topological polar surface area (TPSA) is 75.7 Å². The molecule has 136 valence electrons. The van der Waals surface area contributed by atoms with Gasteiger partial charge in [-0.2, -0.15) is 10.2 Å². The Bertz CT molecular complexity index is 646. The van der Waals surface area contributed by atoms with Crippen LogP contribution in [0, 0.1) is 5.92 Å². The summed E-state index contributed by atoms with van der Waals surface area (Å²) in [5.41, 5.74) is 8.16. The highest BCUT2D eigenvalue weighted by Crippen LogP contribution is 2.33. The smallest absolute Gasteiger partial charge is 0.182 e. The van der Waals surface area contributed by atoms with Gasteiger partial charge < -0.3 is 11.1 Å². The van der Waals surface area contributed by atoms with E-state index in [2.05, 4.69) is 39.6 Å². The number of azo groups is 1. The third-order valence-electron chi connectivity index (χ3n) is 5.04. The highest BCUT2D eigenvalue weighted by atomic mass is 32.1. The van der Waals surface area contributed by atoms with Crippen molar-refractivity contribution < 1.29 is 0 Å². The predicted octanol–water partition coefficient (Wildman–Crippen LogP) is 5.68. The van der Waals surface area contributed by atoms with Crippen molar-refractivity contribution in [3.63, 3.8) is 0 Å². The minimum absolute atomic E-state index is 0.533. The summed E-state index contributed by atoms with van der Waals surface area (Å²) in [5, 5.41) is 14.1. The zero-order chi connectivity index (χ0) is 17.5. The lowest BCUT2D eigenvalue weighted by Gasteiger charge is -2.17. The Morgan fingerprint density at radius 2 is 2.16 bits per heavy atom. The van der Waals surface area contributed by atoms with Crippen molar-refractivity contribution in [3.05, 3.63) is 29.7 Å². The van der Waals surface area contributed by atoms with Crippen LogP contribution in [0.4, 0.5) is 10.1 Å². The largest absolute Gasteiger partial charge is 0.375 e. The second kappa shape index (κ2) is 9.13. The van der Waals surface area contributed by atoms with Gasteiger partial charge in [0.25, 0.3) is 0 Å². The fourth-order valence-electron chi connectivity index (χ4n) is 3.67. The first-order valence-electron chi connectivity index (χ1n) is 9.51. The van der Waals surface area contributed by atoms with Crippen LogP contribution in [-0.2, 0) is 6.42 Å². The molecule has 0 saturated heterocycles. The summed E-state index contributed by atoms with van der Waals surface area (Å²) in [6.45, 7) is 2.13. The van der Waals surface area contributed by atoms with Crippen LogP contribution >= 0.6 is 11.3 Å². The summed E-state index contributed by atoms with van der Waals surface area (Å²) in [5.74, 6) is 0.720. The van der Waals surface area contributed by atoms with Crippen molar-refractivity contribution in [1.82, 2.24) is 4.98 Å². The molecule has 1 fully saturated rings. The SMILES string of the molecule is CCc1nc(N)sc1NC1CCCC(CC2=CCCC=CN=N2)CC1. The quantitative estimate of drug-likeness (QED) is 0.664. The molecule has 2 heterocycles. The maximum absolute atomic E-state index is 5.88. The Morgan fingerprint density at radius 1 is 1.24 bits per heavy atom. The zero-order valence-corrected chi connectivity index (χ0v) is 15.9. The van der Waals surface area contributed by atoms with Gasteiger partial charge in [-0.05, 0) is 57.3 Å². The fourth-order valence-corrected chi connectivity index (χ4v) is 4.57. The summed E-state index contributed by atoms with van der Waals surface area (Å²) in [4.78, 5) is 4.42. The number of nitrogens with two attached hydrogens (primary N) is 1. The Hall–Kier alpha value is -1.69. The first-order chi connectivity index (χ1) is 12.2. The molecule has 1 aliphatic carbocycles. The molecule has 5 nitrogen and oxygen atoms in total. The molecule has 1 aliphatic heterocycles. The van der Waals surface area contributed by atoms with Gasteiger partial charge in [0, 0.05) is 12.2 Å². The molecule has 0 amide bonds. The number of hydrogen-bond acceptors (Lipinski definition) is 6. The summed E-state index contributed by atoms with van der Waals surface area (Å²) in [6.07, 6.45) is 16.5. The van der Waals surface area contributed by atoms with Crippen molar-refractivity contribution in [3.8, 4) is 0 Å². The normalized spacial score (nSPS) is 24.3. The molecule has 2 aliphatic rings. The predicted molar refractivity (Wildman–Crippen MR) is 106 cm³/mol. The van der Waals surface area contributed by atoms with Gasteiger partial charge >= 0.3 is 0 Å². The number of nitrogens with one attached hydrogen (secondary N) is 1. The number of hydrogen-bond donors (Lipinski definition) is 2. The Balaban J connectivity index is 1.54. The van der Waals surface area contributed by atoms with Crippen LogP contribution in [0.5, 0.6) is 0 Å². The molecule has 0 radical (unpaired) electrons. The Kier molecular flexibility index (Phi) is 6.62. The van der Waals surface area contributed by atoms with E-state index in [1.807, 2.05) is 6.20 Å². The molecule has 0 aromatic carbocycles. The highest BCUT2D eigenvalue weighted by Gasteiger charge is 2.21. The van der Waals surface area contributed by atoms with Crippen LogP contribution < -0.4 is 11.1 Å². The van der Waals surface area contributed by atoms with Gasteiger partial charge in [0.2, 0.25) is 0 Å². The number of anilines is 2. The molecular weight excluding hydrogens is 330 g/mol. The van der Waals surface area contributed by atoms with Crippen LogP contribution in [0.15, 0.2) is 34.3 Å². The van der Waals surface area contributed by atoms with Crippen molar-refractivity contribution in [2.75, 3.05) is 11.1 Å². The average Bonchev–Trinajstić information content (AvgIpc) is 2.78. The molecule has 0 spiro atoms. The van der Waals surface area contributed by atoms with Crippen molar-refractivity contribution in [1.29, 1.82) is 0 Å². The lowest BCUT2D eigenvalue weighted by Crippen LogP contribution is -2.18. The lowest BCUT2D eigenvalue weighted by atomic mass is 9.94. The zero-order valence-electron chi connectivity index (χ0n) is 15.1. The number of nitrogens with zero attached hydrogens (tertiary/aromatic N) is 3. The van der Waals surface area contributed by atoms with Gasteiger partial charge in [-0.25, -0.2) is 4.98 Å². The van der Waals surface area contributed by atoms with Gasteiger partial charge in [0.1, 0.15) is 5.00 Å². The summed E-state index contributed by atoms with van der Waals surface area (Å²) in [7, 11) is 0. The number of thiazole rings is 1. The van der Waals surface area contributed by atoms with E-state index in [0.717, 1.165) is 37.3 Å². The highest BCUT2D eigenvalue weighted by molar-refractivity contribution is 7.19. The van der Waals surface area contributed by atoms with Crippen LogP contribution in [-0.4, -0.2) is 11.0 Å². The number of aromatic nitrogens is 1. The lowest BCUT2D eigenvalue weighted by molar-refractivity contribution is 0.451. The molecule has 0 bridgehead atoms. The number of rotatable bonds is 5. The van der Waals surface area contributed by atoms with Crippen molar-refractivity contribution in [2.45, 2.75) is 70.8 Å². The Morgan fingerprint density at radius 3 is 3.04 bits per heavy atom. The van der Waals surface area contributed by atoms with E-state index in [0.29, 0.717) is 11.2 Å². The van der Waals surface area contributed by atoms with E-state index >= 15 is 0 Å². The first-order valence-corrected chi connectivity index (χ1v) is 10.3. The second-order valence-electron chi connectivity index (χ2n) is 6.97. The van der Waals surface area contributed by atoms with Gasteiger partial charge in [-0.15, -0.1) is 0 Å². The summed E-state index contributed by atoms with van der Waals surface area (Å²) >= 11 is 1.59. The molecule has 1 aromatic heterocycles. The van der Waals surface area contributed by atoms with Crippen LogP contribution in [0.3, 0.4) is 0 Å². The Labute approximate surface area is 154 Å². The van der Waals surface area contributed by atoms with E-state index in [4.69, 9.17) is 5.73 Å². The number of nitrogen functional groups attached to an aromatic ring is 1. The molecule has 3 N–H and O–H groups in total. The molecule has 1 aromatic rings. The minimum atomic E-state index is 0.533. The monoisotopic (exact) mass is 359 g/mol. The molecule has 25 heavy (non-hydrogen) atoms. The summed E-state index contributed by atoms with van der Waals surface area (Å²) in [6, 6.07) is 0.533. The second-order valence-corrected chi connectivity index (χ2v) is 8.00. The minimum Gasteiger partial charge on any atom is -0.375 e. The standard InChI is InChI=1S/C19H29N5S/c1-2-17-18(25-19(20)23-17)22-15-9-6-7-14(10-11-15)13-16-8-4-3-5-12-21-24-16/h5,8,12,14-15,22H,2-4,6-7,9-11,13H2,1H3,(H2,20,23). The van der Waals surface area contributed by atoms with E-state index < -0.39 is 0 Å². The maximum Gasteiger partial charge on any atom is 0.182 e. The third kappa shape index (κ3) is 5.39. The molecule has 2 atom stereocenters. The molecule has 3 rings (SSSR count). The average molecular weight is 360 g/mol. The van der Waals surface area contributed by atoms with Gasteiger partial charge in [0.05, 0.1) is 11.4 Å². The molecule has 2 unspecified atom stereocenters. The van der Waals surface area contributed by atoms with E-state index in [1.165, 1.54) is 42.8 Å². The van der Waals surface area contributed by atoms with E-state index in [9.17, 15) is 0 Å². The van der Waals surface area contributed by atoms with Gasteiger partial charge in [-0.1, -0.05) is 36.8 Å². The fraction of sp³-hybridized carbons (Fsp3) is 0.632. The van der Waals surface area contributed by atoms with Crippen LogP contribution in [0.2, 0.25) is 0 Å². The van der Waals surface area contributed by atoms with Gasteiger partial charge in [-0.3, -0.25) is 0 Å². The van der Waals surface area contributed by atoms with Crippen LogP contribution in [0.25, 0.3) is 0 Å². The number of allylic oxidation sites excluding steroid dienone is 3. The van der Waals surface area contributed by atoms with Crippen molar-refractivity contribution >= 4 is 21.5 Å². The molecule has 1 saturated carbocycles. The number of aryl methyl sites for hydroxylation is 1. The third-order valence-corrected chi connectivity index (χ3v) is 5.90. The van der Waals surface area contributed by atoms with E-state index in [1.54, 1.807) is 11.3 Å². The summed E-state index contributed by atoms with van der Waals surface area (Å²) < 4.78 is 0. The van der Waals surface area contributed by atoms with Crippen molar-refractivity contribution in [2.24, 2.45) is 16.1 Å². The first kappa shape index (κ1) is 18.1. The molecular formula is C19H29N5S. The van der Waals surface area contributed by atoms with E-state index in [-0.39, 0.29) is 0 Å². The maximum atomic E-state index is 5.88. The van der Waals surface area contributed by atoms with Gasteiger partial charge in [0.15, 0.2) is 5.13 Å². The van der Waals surface area contributed by atoms with Crippen LogP contribution in [0.1, 0.15) is 64.0 Å².